The van der Waals surface area contributed by atoms with Gasteiger partial charge in [-0.2, -0.15) is 0 Å². The van der Waals surface area contributed by atoms with E-state index >= 15 is 0 Å². The zero-order valence-corrected chi connectivity index (χ0v) is 14.0. The molecular formula is C18H20N4O3. The second-order valence-corrected chi connectivity index (χ2v) is 6.10. The number of rotatable bonds is 4. The summed E-state index contributed by atoms with van der Waals surface area (Å²) in [4.78, 5) is 27.0. The normalized spacial score (nSPS) is 15.0. The van der Waals surface area contributed by atoms with E-state index in [9.17, 15) is 14.9 Å². The van der Waals surface area contributed by atoms with Crippen LogP contribution in [-0.4, -0.2) is 49.0 Å². The van der Waals surface area contributed by atoms with Gasteiger partial charge < -0.3 is 15.1 Å². The molecule has 2 aromatic carbocycles. The van der Waals surface area contributed by atoms with E-state index in [1.165, 1.54) is 24.3 Å². The van der Waals surface area contributed by atoms with Gasteiger partial charge in [0.2, 0.25) is 0 Å². The Hall–Kier alpha value is -2.93. The number of likely N-dealkylation sites (N-methyl/N-ethyl adjacent to an activating group) is 1. The lowest BCUT2D eigenvalue weighted by Crippen LogP contribution is -2.44. The summed E-state index contributed by atoms with van der Waals surface area (Å²) in [7, 11) is 2.12. The molecule has 3 rings (SSSR count). The minimum atomic E-state index is -0.487. The molecule has 130 valence electrons. The van der Waals surface area contributed by atoms with Gasteiger partial charge in [0.25, 0.3) is 11.6 Å². The van der Waals surface area contributed by atoms with Crippen LogP contribution in [0, 0.1) is 10.1 Å². The fraction of sp³-hybridized carbons (Fsp3) is 0.278. The molecule has 0 unspecified atom stereocenters. The number of carbonyl (C=O) groups excluding carboxylic acids is 1. The van der Waals surface area contributed by atoms with Crippen LogP contribution in [0.3, 0.4) is 0 Å². The van der Waals surface area contributed by atoms with Crippen LogP contribution in [0.1, 0.15) is 10.4 Å². The average Bonchev–Trinajstić information content (AvgIpc) is 2.63. The Morgan fingerprint density at radius 1 is 1.00 bits per heavy atom. The van der Waals surface area contributed by atoms with Gasteiger partial charge in [-0.1, -0.05) is 0 Å². The van der Waals surface area contributed by atoms with E-state index < -0.39 is 4.92 Å². The summed E-state index contributed by atoms with van der Waals surface area (Å²) in [5, 5.41) is 13.5. The highest BCUT2D eigenvalue weighted by Gasteiger charge is 2.14. The minimum absolute atomic E-state index is 0.0342. The van der Waals surface area contributed by atoms with E-state index in [4.69, 9.17) is 0 Å². The summed E-state index contributed by atoms with van der Waals surface area (Å²) in [6, 6.07) is 13.3. The summed E-state index contributed by atoms with van der Waals surface area (Å²) < 4.78 is 0. The molecule has 1 fully saturated rings. The molecule has 0 bridgehead atoms. The monoisotopic (exact) mass is 340 g/mol. The van der Waals surface area contributed by atoms with Crippen molar-refractivity contribution in [2.75, 3.05) is 43.4 Å². The molecule has 1 heterocycles. The number of piperazine rings is 1. The van der Waals surface area contributed by atoms with Crippen molar-refractivity contribution in [1.29, 1.82) is 0 Å². The molecule has 1 N–H and O–H groups in total. The number of non-ortho nitro benzene ring substituents is 1. The molecule has 0 aliphatic carbocycles. The molecule has 1 saturated heterocycles. The molecule has 1 amide bonds. The Labute approximate surface area is 146 Å². The van der Waals surface area contributed by atoms with Crippen molar-refractivity contribution in [3.05, 3.63) is 64.2 Å². The van der Waals surface area contributed by atoms with Crippen LogP contribution in [0.15, 0.2) is 48.5 Å². The largest absolute Gasteiger partial charge is 0.369 e. The van der Waals surface area contributed by atoms with Gasteiger partial charge in [-0.25, -0.2) is 0 Å². The molecule has 0 saturated carbocycles. The number of nitro groups is 1. The van der Waals surface area contributed by atoms with Crippen molar-refractivity contribution in [2.24, 2.45) is 0 Å². The van der Waals surface area contributed by atoms with E-state index in [2.05, 4.69) is 22.2 Å². The van der Waals surface area contributed by atoms with Crippen LogP contribution in [0.2, 0.25) is 0 Å². The van der Waals surface area contributed by atoms with Crippen LogP contribution >= 0.6 is 0 Å². The lowest BCUT2D eigenvalue weighted by Gasteiger charge is -2.34. The van der Waals surface area contributed by atoms with Crippen LogP contribution < -0.4 is 10.2 Å². The molecule has 0 atom stereocenters. The first-order valence-corrected chi connectivity index (χ1v) is 8.12. The fourth-order valence-corrected chi connectivity index (χ4v) is 2.76. The SMILES string of the molecule is CN1CCN(c2ccc(NC(=O)c3ccc([N+](=O)[O-])cc3)cc2)CC1. The number of nitrogens with zero attached hydrogens (tertiary/aromatic N) is 3. The van der Waals surface area contributed by atoms with Crippen molar-refractivity contribution in [3.63, 3.8) is 0 Å². The van der Waals surface area contributed by atoms with Crippen molar-refractivity contribution in [2.45, 2.75) is 0 Å². The number of anilines is 2. The first-order chi connectivity index (χ1) is 12.0. The molecule has 0 aromatic heterocycles. The van der Waals surface area contributed by atoms with Gasteiger partial charge in [-0.05, 0) is 43.4 Å². The van der Waals surface area contributed by atoms with Crippen LogP contribution in [0.25, 0.3) is 0 Å². The lowest BCUT2D eigenvalue weighted by molar-refractivity contribution is -0.384. The van der Waals surface area contributed by atoms with Gasteiger partial charge in [0, 0.05) is 55.2 Å². The van der Waals surface area contributed by atoms with Crippen molar-refractivity contribution >= 4 is 23.0 Å². The molecule has 0 radical (unpaired) electrons. The van der Waals surface area contributed by atoms with Gasteiger partial charge in [-0.3, -0.25) is 14.9 Å². The average molecular weight is 340 g/mol. The molecule has 1 aliphatic rings. The smallest absolute Gasteiger partial charge is 0.269 e. The third-order valence-electron chi connectivity index (χ3n) is 4.33. The molecule has 2 aromatic rings. The highest BCUT2D eigenvalue weighted by molar-refractivity contribution is 6.04. The van der Waals surface area contributed by atoms with Crippen LogP contribution in [0.4, 0.5) is 17.1 Å². The predicted octanol–water partition coefficient (Wildman–Crippen LogP) is 2.60. The van der Waals surface area contributed by atoms with Gasteiger partial charge in [0.05, 0.1) is 4.92 Å². The van der Waals surface area contributed by atoms with Crippen LogP contribution in [-0.2, 0) is 0 Å². The lowest BCUT2D eigenvalue weighted by atomic mass is 10.2. The van der Waals surface area contributed by atoms with E-state index in [0.717, 1.165) is 31.9 Å². The number of hydrogen-bond donors (Lipinski definition) is 1. The molecule has 25 heavy (non-hydrogen) atoms. The summed E-state index contributed by atoms with van der Waals surface area (Å²) in [6.07, 6.45) is 0. The summed E-state index contributed by atoms with van der Waals surface area (Å²) in [5.74, 6) is -0.290. The number of amides is 1. The number of hydrogen-bond acceptors (Lipinski definition) is 5. The molecule has 1 aliphatic heterocycles. The van der Waals surface area contributed by atoms with Gasteiger partial charge >= 0.3 is 0 Å². The number of carbonyl (C=O) groups is 1. The standard InChI is InChI=1S/C18H20N4O3/c1-20-10-12-21(13-11-20)16-8-4-15(5-9-16)19-18(23)14-2-6-17(7-3-14)22(24)25/h2-9H,10-13H2,1H3,(H,19,23). The maximum absolute atomic E-state index is 12.2. The van der Waals surface area contributed by atoms with Gasteiger partial charge in [-0.15, -0.1) is 0 Å². The third kappa shape index (κ3) is 4.13. The van der Waals surface area contributed by atoms with Crippen molar-refractivity contribution in [1.82, 2.24) is 4.90 Å². The van der Waals surface area contributed by atoms with E-state index in [1.54, 1.807) is 0 Å². The predicted molar refractivity (Wildman–Crippen MR) is 97.2 cm³/mol. The van der Waals surface area contributed by atoms with E-state index in [0.29, 0.717) is 11.3 Å². The Kier molecular flexibility index (Phi) is 4.95. The Morgan fingerprint density at radius 3 is 2.16 bits per heavy atom. The second-order valence-electron chi connectivity index (χ2n) is 6.10. The molecule has 7 nitrogen and oxygen atoms in total. The highest BCUT2D eigenvalue weighted by Crippen LogP contribution is 2.20. The van der Waals surface area contributed by atoms with Crippen molar-refractivity contribution < 1.29 is 9.72 Å². The fourth-order valence-electron chi connectivity index (χ4n) is 2.76. The number of nitrogens with one attached hydrogen (secondary N) is 1. The number of nitro benzene ring substituents is 1. The third-order valence-corrected chi connectivity index (χ3v) is 4.33. The molecule has 0 spiro atoms. The van der Waals surface area contributed by atoms with E-state index in [1.807, 2.05) is 24.3 Å². The summed E-state index contributed by atoms with van der Waals surface area (Å²) in [6.45, 7) is 4.06. The molecule has 7 heteroatoms. The first kappa shape index (κ1) is 16.9. The zero-order chi connectivity index (χ0) is 17.8. The van der Waals surface area contributed by atoms with Gasteiger partial charge in [0.1, 0.15) is 0 Å². The highest BCUT2D eigenvalue weighted by atomic mass is 16.6. The quantitative estimate of drug-likeness (QED) is 0.684. The topological polar surface area (TPSA) is 78.7 Å². The summed E-state index contributed by atoms with van der Waals surface area (Å²) >= 11 is 0. The maximum Gasteiger partial charge on any atom is 0.269 e. The Bertz CT molecular complexity index is 751. The minimum Gasteiger partial charge on any atom is -0.369 e. The maximum atomic E-state index is 12.2. The zero-order valence-electron chi connectivity index (χ0n) is 14.0. The van der Waals surface area contributed by atoms with Crippen LogP contribution in [0.5, 0.6) is 0 Å². The second kappa shape index (κ2) is 7.31. The Balaban J connectivity index is 1.62. The molecular weight excluding hydrogens is 320 g/mol. The van der Waals surface area contributed by atoms with E-state index in [-0.39, 0.29) is 11.6 Å². The Morgan fingerprint density at radius 2 is 1.60 bits per heavy atom. The summed E-state index contributed by atoms with van der Waals surface area (Å²) in [5.41, 5.74) is 2.18. The van der Waals surface area contributed by atoms with Crippen molar-refractivity contribution in [3.8, 4) is 0 Å². The number of benzene rings is 2. The first-order valence-electron chi connectivity index (χ1n) is 8.12. The van der Waals surface area contributed by atoms with Gasteiger partial charge in [0.15, 0.2) is 0 Å².